The number of carbonyl (C=O) groups excluding carboxylic acids is 2. The van der Waals surface area contributed by atoms with Crippen molar-refractivity contribution < 1.29 is 14.3 Å². The Labute approximate surface area is 201 Å². The highest BCUT2D eigenvalue weighted by Crippen LogP contribution is 2.27. The minimum Gasteiger partial charge on any atom is -0.383 e. The van der Waals surface area contributed by atoms with Gasteiger partial charge >= 0.3 is 0 Å². The molecule has 34 heavy (non-hydrogen) atoms. The molecule has 2 unspecified atom stereocenters. The van der Waals surface area contributed by atoms with Crippen molar-refractivity contribution >= 4 is 11.8 Å². The lowest BCUT2D eigenvalue weighted by atomic mass is 10.1. The van der Waals surface area contributed by atoms with E-state index in [9.17, 15) is 9.59 Å². The summed E-state index contributed by atoms with van der Waals surface area (Å²) in [5.41, 5.74) is 3.00. The van der Waals surface area contributed by atoms with Crippen LogP contribution in [-0.4, -0.2) is 96.6 Å². The van der Waals surface area contributed by atoms with E-state index < -0.39 is 6.04 Å². The predicted octanol–water partition coefficient (Wildman–Crippen LogP) is 1.55. The van der Waals surface area contributed by atoms with Crippen molar-refractivity contribution in [1.29, 1.82) is 0 Å². The molecule has 2 atom stereocenters. The molecular formula is C26H35N5O3. The summed E-state index contributed by atoms with van der Waals surface area (Å²) >= 11 is 0. The van der Waals surface area contributed by atoms with Crippen LogP contribution >= 0.6 is 0 Å². The molecule has 3 heterocycles. The number of aryl methyl sites for hydroxylation is 1. The molecular weight excluding hydrogens is 430 g/mol. The highest BCUT2D eigenvalue weighted by molar-refractivity contribution is 5.97. The summed E-state index contributed by atoms with van der Waals surface area (Å²) in [6.07, 6.45) is 3.85. The number of methoxy groups -OCH3 is 1. The maximum atomic E-state index is 13.6. The number of hydrogen-bond acceptors (Lipinski definition) is 6. The monoisotopic (exact) mass is 465 g/mol. The topological polar surface area (TPSA) is 78.0 Å². The Morgan fingerprint density at radius 1 is 1.18 bits per heavy atom. The number of rotatable bonds is 8. The molecule has 1 aromatic carbocycles. The van der Waals surface area contributed by atoms with Crippen molar-refractivity contribution in [3.63, 3.8) is 0 Å². The van der Waals surface area contributed by atoms with Gasteiger partial charge in [-0.15, -0.1) is 0 Å². The smallest absolute Gasteiger partial charge is 0.256 e. The van der Waals surface area contributed by atoms with Crippen LogP contribution in [0, 0.1) is 6.92 Å². The van der Waals surface area contributed by atoms with Crippen molar-refractivity contribution in [3.8, 4) is 0 Å². The Bertz CT molecular complexity index is 964. The molecule has 0 aliphatic carbocycles. The van der Waals surface area contributed by atoms with Crippen molar-refractivity contribution in [1.82, 2.24) is 25.0 Å². The third kappa shape index (κ3) is 5.63. The highest BCUT2D eigenvalue weighted by Gasteiger charge is 2.43. The van der Waals surface area contributed by atoms with E-state index in [0.29, 0.717) is 38.2 Å². The summed E-state index contributed by atoms with van der Waals surface area (Å²) in [5, 5.41) is 3.30. The second-order valence-electron chi connectivity index (χ2n) is 9.07. The summed E-state index contributed by atoms with van der Waals surface area (Å²) in [7, 11) is 1.70. The minimum atomic E-state index is -0.474. The van der Waals surface area contributed by atoms with Crippen LogP contribution in [0.3, 0.4) is 0 Å². The molecule has 8 nitrogen and oxygen atoms in total. The molecule has 0 bridgehead atoms. The number of likely N-dealkylation sites (tertiary alicyclic amines) is 1. The number of carbonyl (C=O) groups is 2. The Kier molecular flexibility index (Phi) is 8.26. The number of piperazine rings is 1. The van der Waals surface area contributed by atoms with E-state index in [1.807, 2.05) is 11.0 Å². The predicted molar refractivity (Wildman–Crippen MR) is 130 cm³/mol. The fourth-order valence-electron chi connectivity index (χ4n) is 4.89. The van der Waals surface area contributed by atoms with Crippen LogP contribution in [0.1, 0.15) is 27.9 Å². The number of hydrogen-bond donors (Lipinski definition) is 1. The lowest BCUT2D eigenvalue weighted by Crippen LogP contribution is -2.53. The van der Waals surface area contributed by atoms with Gasteiger partial charge < -0.3 is 19.9 Å². The number of ether oxygens (including phenoxy) is 1. The van der Waals surface area contributed by atoms with Crippen molar-refractivity contribution in [2.75, 3.05) is 53.0 Å². The van der Waals surface area contributed by atoms with Gasteiger partial charge in [0.25, 0.3) is 5.91 Å². The second-order valence-corrected chi connectivity index (χ2v) is 9.07. The van der Waals surface area contributed by atoms with Crippen molar-refractivity contribution in [3.05, 3.63) is 65.5 Å². The summed E-state index contributed by atoms with van der Waals surface area (Å²) < 4.78 is 5.40. The van der Waals surface area contributed by atoms with E-state index in [-0.39, 0.29) is 17.9 Å². The van der Waals surface area contributed by atoms with Crippen LogP contribution in [0.5, 0.6) is 0 Å². The Morgan fingerprint density at radius 2 is 1.97 bits per heavy atom. The van der Waals surface area contributed by atoms with Gasteiger partial charge in [0.1, 0.15) is 6.04 Å². The first-order valence-electron chi connectivity index (χ1n) is 12.1. The normalized spacial score (nSPS) is 20.7. The lowest BCUT2D eigenvalue weighted by Gasteiger charge is -2.32. The van der Waals surface area contributed by atoms with E-state index >= 15 is 0 Å². The third-order valence-corrected chi connectivity index (χ3v) is 6.90. The molecule has 2 aliphatic heterocycles. The quantitative estimate of drug-likeness (QED) is 0.638. The van der Waals surface area contributed by atoms with Crippen molar-refractivity contribution in [2.45, 2.75) is 32.0 Å². The van der Waals surface area contributed by atoms with E-state index in [1.54, 1.807) is 36.5 Å². The van der Waals surface area contributed by atoms with Gasteiger partial charge in [-0.25, -0.2) is 0 Å². The fourth-order valence-corrected chi connectivity index (χ4v) is 4.89. The summed E-state index contributed by atoms with van der Waals surface area (Å²) in [6.45, 7) is 7.62. The number of amides is 2. The molecule has 2 fully saturated rings. The zero-order valence-corrected chi connectivity index (χ0v) is 20.2. The number of benzene rings is 1. The Morgan fingerprint density at radius 3 is 2.68 bits per heavy atom. The molecule has 2 aromatic rings. The average molecular weight is 466 g/mol. The first-order valence-corrected chi connectivity index (χ1v) is 12.1. The first-order chi connectivity index (χ1) is 16.6. The SMILES string of the molecule is COCCN(Cc1ccccc1C)C1CC(C(=O)N2CCNCC2)N(C(=O)c2cccnc2)C1. The number of nitrogens with one attached hydrogen (secondary N) is 1. The lowest BCUT2D eigenvalue weighted by molar-refractivity contribution is -0.135. The second kappa shape index (κ2) is 11.6. The molecule has 8 heteroatoms. The van der Waals surface area contributed by atoms with Crippen LogP contribution in [0.25, 0.3) is 0 Å². The van der Waals surface area contributed by atoms with Crippen LogP contribution in [-0.2, 0) is 16.1 Å². The van der Waals surface area contributed by atoms with Crippen LogP contribution in [0.4, 0.5) is 0 Å². The number of nitrogens with zero attached hydrogens (tertiary/aromatic N) is 4. The molecule has 1 aromatic heterocycles. The number of aromatic nitrogens is 1. The van der Waals surface area contributed by atoms with Gasteiger partial charge in [0.05, 0.1) is 12.2 Å². The molecule has 2 saturated heterocycles. The van der Waals surface area contributed by atoms with Gasteiger partial charge in [0.15, 0.2) is 0 Å². The standard InChI is InChI=1S/C26H35N5O3/c1-20-6-3-4-7-22(20)18-30(14-15-34-2)23-16-24(26(33)29-12-10-27-11-13-29)31(19-23)25(32)21-8-5-9-28-17-21/h3-9,17,23-24,27H,10-16,18-19H2,1-2H3. The molecule has 182 valence electrons. The Balaban J connectivity index is 1.59. The maximum Gasteiger partial charge on any atom is 0.256 e. The summed E-state index contributed by atoms with van der Waals surface area (Å²) in [6, 6.07) is 11.5. The van der Waals surface area contributed by atoms with Gasteiger partial charge in [-0.2, -0.15) is 0 Å². The molecule has 0 radical (unpaired) electrons. The summed E-state index contributed by atoms with van der Waals surface area (Å²) in [5.74, 6) is -0.0875. The van der Waals surface area contributed by atoms with E-state index in [0.717, 1.165) is 26.2 Å². The number of pyridine rings is 1. The molecule has 0 saturated carbocycles. The summed E-state index contributed by atoms with van der Waals surface area (Å²) in [4.78, 5) is 37.2. The van der Waals surface area contributed by atoms with Crippen LogP contribution in [0.15, 0.2) is 48.8 Å². The van der Waals surface area contributed by atoms with Crippen LogP contribution < -0.4 is 5.32 Å². The molecule has 1 N–H and O–H groups in total. The van der Waals surface area contributed by atoms with E-state index in [4.69, 9.17) is 4.74 Å². The van der Waals surface area contributed by atoms with Gasteiger partial charge in [0.2, 0.25) is 5.91 Å². The van der Waals surface area contributed by atoms with E-state index in [1.165, 1.54) is 11.1 Å². The van der Waals surface area contributed by atoms with Gasteiger partial charge in [0, 0.05) is 71.4 Å². The average Bonchev–Trinajstić information content (AvgIpc) is 3.33. The first kappa shape index (κ1) is 24.3. The molecule has 0 spiro atoms. The van der Waals surface area contributed by atoms with E-state index in [2.05, 4.69) is 40.3 Å². The zero-order chi connectivity index (χ0) is 23.9. The van der Waals surface area contributed by atoms with Crippen LogP contribution in [0.2, 0.25) is 0 Å². The molecule has 4 rings (SSSR count). The third-order valence-electron chi connectivity index (χ3n) is 6.90. The van der Waals surface area contributed by atoms with Crippen molar-refractivity contribution in [2.24, 2.45) is 0 Å². The highest BCUT2D eigenvalue weighted by atomic mass is 16.5. The maximum absolute atomic E-state index is 13.6. The molecule has 2 amide bonds. The largest absolute Gasteiger partial charge is 0.383 e. The van der Waals surface area contributed by atoms with Gasteiger partial charge in [-0.3, -0.25) is 19.5 Å². The van der Waals surface area contributed by atoms with Gasteiger partial charge in [-0.1, -0.05) is 24.3 Å². The molecule has 2 aliphatic rings. The Hall–Kier alpha value is -2.81. The van der Waals surface area contributed by atoms with Gasteiger partial charge in [-0.05, 0) is 36.6 Å². The minimum absolute atomic E-state index is 0.0452. The fraction of sp³-hybridized carbons (Fsp3) is 0.500. The zero-order valence-electron chi connectivity index (χ0n) is 20.2.